The van der Waals surface area contributed by atoms with Gasteiger partial charge in [-0.05, 0) is 61.8 Å². The molecule has 5 N–H and O–H groups in total. The van der Waals surface area contributed by atoms with Crippen LogP contribution in [-0.4, -0.2) is 47.1 Å². The number of phenolic OH excluding ortho intramolecular Hbond substituents is 1. The summed E-state index contributed by atoms with van der Waals surface area (Å²) in [6.45, 7) is 8.21. The summed E-state index contributed by atoms with van der Waals surface area (Å²) in [6, 6.07) is 11.2. The fourth-order valence-corrected chi connectivity index (χ4v) is 3.17. The number of nitrogen functional groups attached to an aromatic ring is 1. The molecule has 1 aromatic heterocycles. The molecule has 1 aromatic carbocycles. The minimum absolute atomic E-state index is 0.309. The molecule has 6 nitrogen and oxygen atoms in total. The predicted octanol–water partition coefficient (Wildman–Crippen LogP) is 2.80. The lowest BCUT2D eigenvalue weighted by Gasteiger charge is -2.35. The lowest BCUT2D eigenvalue weighted by Crippen LogP contribution is -2.43. The summed E-state index contributed by atoms with van der Waals surface area (Å²) < 4.78 is 2.34. The van der Waals surface area contributed by atoms with Gasteiger partial charge in [0.1, 0.15) is 11.6 Å². The summed E-state index contributed by atoms with van der Waals surface area (Å²) in [5.41, 5.74) is 11.6. The van der Waals surface area contributed by atoms with Crippen molar-refractivity contribution in [2.45, 2.75) is 18.7 Å². The molecular weight excluding hydrogens is 358 g/mol. The van der Waals surface area contributed by atoms with Crippen LogP contribution < -0.4 is 16.4 Å². The Morgan fingerprint density at radius 2 is 1.70 bits per heavy atom. The molecule has 2 aromatic rings. The number of hydrogen-bond acceptors (Lipinski definition) is 7. The average molecular weight is 388 g/mol. The Labute approximate surface area is 166 Å². The third-order valence-electron chi connectivity index (χ3n) is 3.45. The quantitative estimate of drug-likeness (QED) is 0.551. The third kappa shape index (κ3) is 8.69. The van der Waals surface area contributed by atoms with Crippen LogP contribution >= 0.6 is 11.9 Å². The number of anilines is 2. The minimum atomic E-state index is 0.309. The second kappa shape index (κ2) is 12.9. The fraction of sp³-hybridized carbons (Fsp3) is 0.350. The monoisotopic (exact) mass is 387 g/mol. The van der Waals surface area contributed by atoms with Gasteiger partial charge in [0, 0.05) is 43.0 Å². The molecule has 0 aliphatic carbocycles. The molecule has 0 saturated carbocycles. The van der Waals surface area contributed by atoms with Crippen LogP contribution in [0.4, 0.5) is 11.5 Å². The average Bonchev–Trinajstić information content (AvgIpc) is 2.66. The Hall–Kier alpha value is -2.40. The van der Waals surface area contributed by atoms with Crippen LogP contribution in [0, 0.1) is 12.3 Å². The van der Waals surface area contributed by atoms with Crippen molar-refractivity contribution in [2.75, 3.05) is 43.4 Å². The number of pyridine rings is 1. The molecule has 0 spiro atoms. The highest BCUT2D eigenvalue weighted by atomic mass is 32.2. The van der Waals surface area contributed by atoms with Crippen LogP contribution in [0.5, 0.6) is 5.75 Å². The summed E-state index contributed by atoms with van der Waals surface area (Å²) in [4.78, 5) is 7.56. The Morgan fingerprint density at radius 3 is 2.19 bits per heavy atom. The topological polar surface area (TPSA) is 91.6 Å². The molecule has 1 aliphatic rings. The number of aromatic hydroxyl groups is 1. The molecule has 146 valence electrons. The lowest BCUT2D eigenvalue weighted by atomic mass is 10.2. The summed E-state index contributed by atoms with van der Waals surface area (Å²) >= 11 is 1.72. The van der Waals surface area contributed by atoms with Crippen molar-refractivity contribution in [3.63, 3.8) is 0 Å². The van der Waals surface area contributed by atoms with E-state index in [0.29, 0.717) is 11.6 Å². The maximum absolute atomic E-state index is 9.34. The molecule has 0 bridgehead atoms. The zero-order valence-corrected chi connectivity index (χ0v) is 16.8. The maximum Gasteiger partial charge on any atom is 0.123 e. The number of terminal acetylenes is 1. The van der Waals surface area contributed by atoms with Crippen molar-refractivity contribution >= 4 is 23.5 Å². The zero-order valence-electron chi connectivity index (χ0n) is 16.0. The number of benzene rings is 1. The van der Waals surface area contributed by atoms with Crippen molar-refractivity contribution < 1.29 is 5.11 Å². The highest BCUT2D eigenvalue weighted by molar-refractivity contribution is 7.97. The van der Waals surface area contributed by atoms with Gasteiger partial charge in [-0.2, -0.15) is 0 Å². The van der Waals surface area contributed by atoms with Gasteiger partial charge >= 0.3 is 0 Å². The van der Waals surface area contributed by atoms with Crippen LogP contribution in [0.2, 0.25) is 0 Å². The van der Waals surface area contributed by atoms with Crippen molar-refractivity contribution in [2.24, 2.45) is 5.73 Å². The van der Waals surface area contributed by atoms with Gasteiger partial charge in [-0.3, -0.25) is 0 Å². The number of nitrogens with two attached hydrogens (primary N) is 2. The van der Waals surface area contributed by atoms with E-state index in [0.717, 1.165) is 43.3 Å². The molecule has 0 atom stereocenters. The van der Waals surface area contributed by atoms with E-state index in [1.54, 1.807) is 31.0 Å². The van der Waals surface area contributed by atoms with Gasteiger partial charge in [0.2, 0.25) is 0 Å². The van der Waals surface area contributed by atoms with Gasteiger partial charge in [0.15, 0.2) is 0 Å². The normalized spacial score (nSPS) is 13.5. The van der Waals surface area contributed by atoms with E-state index >= 15 is 0 Å². The van der Waals surface area contributed by atoms with Crippen molar-refractivity contribution in [1.29, 1.82) is 0 Å². The second-order valence-corrected chi connectivity index (χ2v) is 6.81. The number of piperazine rings is 1. The first kappa shape index (κ1) is 22.6. The molecule has 3 rings (SSSR count). The Kier molecular flexibility index (Phi) is 10.8. The molecule has 0 radical (unpaired) electrons. The van der Waals surface area contributed by atoms with Gasteiger partial charge in [-0.15, -0.1) is 12.3 Å². The van der Waals surface area contributed by atoms with Gasteiger partial charge in [0.25, 0.3) is 0 Å². The SMILES string of the molecule is C#CC.CCN.Nc1ccc(SN2CCN(c3ccc(O)cc3)CC2)cn1. The van der Waals surface area contributed by atoms with E-state index in [2.05, 4.69) is 26.5 Å². The zero-order chi connectivity index (χ0) is 20.1. The van der Waals surface area contributed by atoms with Gasteiger partial charge in [0.05, 0.1) is 0 Å². The van der Waals surface area contributed by atoms with Crippen LogP contribution in [0.3, 0.4) is 0 Å². The predicted molar refractivity (Wildman–Crippen MR) is 116 cm³/mol. The van der Waals surface area contributed by atoms with Crippen LogP contribution in [0.25, 0.3) is 0 Å². The standard InChI is InChI=1S/C15H18N4OS.C3H4.C2H7N/c16-15-6-5-14(11-17-15)21-19-9-7-18(8-10-19)12-1-3-13(20)4-2-12;1-3-2;1-2-3/h1-6,11,20H,7-10H2,(H2,16,17);1H,2H3;2-3H2,1H3. The summed E-state index contributed by atoms with van der Waals surface area (Å²) in [5, 5.41) is 9.34. The van der Waals surface area contributed by atoms with E-state index in [1.807, 2.05) is 37.4 Å². The summed E-state index contributed by atoms with van der Waals surface area (Å²) in [6.07, 6.45) is 6.41. The molecule has 0 amide bonds. The highest BCUT2D eigenvalue weighted by Gasteiger charge is 2.18. The molecule has 27 heavy (non-hydrogen) atoms. The van der Waals surface area contributed by atoms with Crippen LogP contribution in [-0.2, 0) is 0 Å². The van der Waals surface area contributed by atoms with Crippen molar-refractivity contribution in [3.05, 3.63) is 42.6 Å². The minimum Gasteiger partial charge on any atom is -0.508 e. The first-order chi connectivity index (χ1) is 13.0. The van der Waals surface area contributed by atoms with Gasteiger partial charge in [-0.1, -0.05) is 6.92 Å². The third-order valence-corrected chi connectivity index (χ3v) is 4.52. The molecule has 7 heteroatoms. The number of rotatable bonds is 3. The number of nitrogens with zero attached hydrogens (tertiary/aromatic N) is 3. The Morgan fingerprint density at radius 1 is 1.15 bits per heavy atom. The van der Waals surface area contributed by atoms with Crippen molar-refractivity contribution in [1.82, 2.24) is 9.29 Å². The largest absolute Gasteiger partial charge is 0.508 e. The molecule has 1 fully saturated rings. The lowest BCUT2D eigenvalue weighted by molar-refractivity contribution is 0.429. The Balaban J connectivity index is 0.000000540. The maximum atomic E-state index is 9.34. The van der Waals surface area contributed by atoms with Crippen LogP contribution in [0.1, 0.15) is 13.8 Å². The second-order valence-electron chi connectivity index (χ2n) is 5.64. The molecule has 1 saturated heterocycles. The fourth-order valence-electron chi connectivity index (χ4n) is 2.30. The Bertz CT molecular complexity index is 677. The summed E-state index contributed by atoms with van der Waals surface area (Å²) in [7, 11) is 0. The van der Waals surface area contributed by atoms with E-state index < -0.39 is 0 Å². The van der Waals surface area contributed by atoms with E-state index in [4.69, 9.17) is 11.5 Å². The van der Waals surface area contributed by atoms with E-state index in [9.17, 15) is 5.11 Å². The number of phenols is 1. The van der Waals surface area contributed by atoms with Crippen LogP contribution in [0.15, 0.2) is 47.5 Å². The molecule has 0 unspecified atom stereocenters. The molecular formula is C20H29N5OS. The van der Waals surface area contributed by atoms with Gasteiger partial charge < -0.3 is 21.5 Å². The summed E-state index contributed by atoms with van der Waals surface area (Å²) in [5.74, 6) is 3.11. The number of hydrogen-bond donors (Lipinski definition) is 3. The van der Waals surface area contributed by atoms with Crippen molar-refractivity contribution in [3.8, 4) is 18.1 Å². The molecule has 2 heterocycles. The van der Waals surface area contributed by atoms with E-state index in [-0.39, 0.29) is 0 Å². The van der Waals surface area contributed by atoms with E-state index in [1.165, 1.54) is 0 Å². The first-order valence-electron chi connectivity index (χ1n) is 8.79. The van der Waals surface area contributed by atoms with Gasteiger partial charge in [-0.25, -0.2) is 9.29 Å². The number of aromatic nitrogens is 1. The molecule has 1 aliphatic heterocycles. The smallest absolute Gasteiger partial charge is 0.123 e. The highest BCUT2D eigenvalue weighted by Crippen LogP contribution is 2.26. The first-order valence-corrected chi connectivity index (χ1v) is 9.57.